The molecule has 1 heteroatoms. The van der Waals surface area contributed by atoms with Crippen molar-refractivity contribution in [3.8, 4) is 0 Å². The van der Waals surface area contributed by atoms with Crippen molar-refractivity contribution in [3.05, 3.63) is 68.4 Å². The average molecular weight is 454 g/mol. The van der Waals surface area contributed by atoms with Gasteiger partial charge >= 0.3 is 21.7 Å². The molecule has 0 amide bonds. The van der Waals surface area contributed by atoms with Crippen LogP contribution in [0.1, 0.15) is 104 Å². The Kier molecular flexibility index (Phi) is 10.1. The minimum absolute atomic E-state index is 0. The third kappa shape index (κ3) is 6.82. The smallest absolute Gasteiger partial charge is 0.263 e. The molecule has 0 aromatic heterocycles. The molecule has 0 fully saturated rings. The zero-order valence-electron chi connectivity index (χ0n) is 23.0. The fourth-order valence-electron chi connectivity index (χ4n) is 4.22. The maximum Gasteiger partial charge on any atom is 3.00 e. The van der Waals surface area contributed by atoms with Gasteiger partial charge in [-0.05, 0) is 0 Å². The first-order valence-electron chi connectivity index (χ1n) is 11.2. The van der Waals surface area contributed by atoms with Crippen LogP contribution in [0.15, 0.2) is 50.2 Å². The molecule has 169 valence electrons. The van der Waals surface area contributed by atoms with Crippen molar-refractivity contribution in [3.63, 3.8) is 0 Å². The normalized spacial score (nSPS) is 22.7. The van der Waals surface area contributed by atoms with Crippen LogP contribution in [0.2, 0.25) is 0 Å². The molecule has 0 unspecified atom stereocenters. The minimum Gasteiger partial charge on any atom is -0.263 e. The summed E-state index contributed by atoms with van der Waals surface area (Å²) >= 11 is 0. The van der Waals surface area contributed by atoms with E-state index in [0.29, 0.717) is 0 Å². The second-order valence-electron chi connectivity index (χ2n) is 10.9. The summed E-state index contributed by atoms with van der Waals surface area (Å²) in [5, 5.41) is 0. The molecule has 3 aliphatic carbocycles. The van der Waals surface area contributed by atoms with Crippen LogP contribution in [0.25, 0.3) is 0 Å². The summed E-state index contributed by atoms with van der Waals surface area (Å²) < 4.78 is 0. The quantitative estimate of drug-likeness (QED) is 0.253. The maximum absolute atomic E-state index is 3.44. The van der Waals surface area contributed by atoms with Gasteiger partial charge in [-0.3, -0.25) is 18.2 Å². The van der Waals surface area contributed by atoms with E-state index in [0.717, 1.165) is 0 Å². The fourth-order valence-corrected chi connectivity index (χ4v) is 4.22. The van der Waals surface area contributed by atoms with Crippen molar-refractivity contribution in [1.82, 2.24) is 0 Å². The number of rotatable bonds is 0. The van der Waals surface area contributed by atoms with Gasteiger partial charge in [0.1, 0.15) is 0 Å². The summed E-state index contributed by atoms with van der Waals surface area (Å²) in [6.07, 6.45) is 10.3. The van der Waals surface area contributed by atoms with Gasteiger partial charge in [0.05, 0.1) is 0 Å². The van der Waals surface area contributed by atoms with Crippen LogP contribution in [0.4, 0.5) is 0 Å². The molecule has 0 aromatic rings. The van der Waals surface area contributed by atoms with Crippen molar-refractivity contribution in [2.45, 2.75) is 104 Å². The molecule has 1 radical (unpaired) electrons. The van der Waals surface area contributed by atoms with Crippen LogP contribution in [0.5, 0.6) is 0 Å². The molecule has 0 saturated carbocycles. The van der Waals surface area contributed by atoms with E-state index in [2.05, 4.69) is 122 Å². The summed E-state index contributed by atoms with van der Waals surface area (Å²) in [5.74, 6) is 0. The zero-order chi connectivity index (χ0) is 23.8. The van der Waals surface area contributed by atoms with E-state index in [1.54, 1.807) is 0 Å². The molecule has 0 heterocycles. The van der Waals surface area contributed by atoms with E-state index in [4.69, 9.17) is 0 Å². The van der Waals surface area contributed by atoms with E-state index >= 15 is 0 Å². The van der Waals surface area contributed by atoms with Gasteiger partial charge in [0, 0.05) is 0 Å². The standard InChI is InChI=1S/3C10H15.Ti/c3*1-7-6-10(4,5)9(3)8(7)2;/h3*1-5H3;/q3*-1;+3. The van der Waals surface area contributed by atoms with E-state index in [1.165, 1.54) is 50.2 Å². The first-order chi connectivity index (χ1) is 13.3. The Bertz CT molecular complexity index is 768. The van der Waals surface area contributed by atoms with Gasteiger partial charge in [-0.15, -0.1) is 20.8 Å². The molecule has 3 aliphatic rings. The molecule has 0 aliphatic heterocycles. The minimum atomic E-state index is 0. The van der Waals surface area contributed by atoms with Crippen LogP contribution in [0, 0.1) is 34.5 Å². The van der Waals surface area contributed by atoms with Gasteiger partial charge in [0.15, 0.2) is 0 Å². The van der Waals surface area contributed by atoms with Crippen LogP contribution in [-0.4, -0.2) is 0 Å². The van der Waals surface area contributed by atoms with E-state index in [9.17, 15) is 0 Å². The largest absolute Gasteiger partial charge is 3.00 e. The molecule has 0 aromatic carbocycles. The maximum atomic E-state index is 3.44. The molecular formula is C30H45Ti. The monoisotopic (exact) mass is 453 g/mol. The van der Waals surface area contributed by atoms with Gasteiger partial charge in [0.2, 0.25) is 0 Å². The first-order valence-corrected chi connectivity index (χ1v) is 11.2. The van der Waals surface area contributed by atoms with Crippen LogP contribution in [-0.2, 0) is 21.7 Å². The van der Waals surface area contributed by atoms with Crippen molar-refractivity contribution in [2.75, 3.05) is 0 Å². The van der Waals surface area contributed by atoms with E-state index in [-0.39, 0.29) is 38.0 Å². The molecule has 0 saturated heterocycles. The fraction of sp³-hybridized carbons (Fsp3) is 0.600. The van der Waals surface area contributed by atoms with Gasteiger partial charge in [-0.2, -0.15) is 33.4 Å². The van der Waals surface area contributed by atoms with E-state index in [1.807, 2.05) is 0 Å². The molecule has 0 N–H and O–H groups in total. The summed E-state index contributed by atoms with van der Waals surface area (Å²) in [6.45, 7) is 32.8. The van der Waals surface area contributed by atoms with Crippen LogP contribution >= 0.6 is 0 Å². The molecule has 0 spiro atoms. The summed E-state index contributed by atoms with van der Waals surface area (Å²) in [6, 6.07) is 0. The number of hydrogen-bond acceptors (Lipinski definition) is 0. The average Bonchev–Trinajstić information content (AvgIpc) is 2.99. The Morgan fingerprint density at radius 2 is 0.548 bits per heavy atom. The second-order valence-corrected chi connectivity index (χ2v) is 10.9. The van der Waals surface area contributed by atoms with E-state index < -0.39 is 0 Å². The predicted molar refractivity (Wildman–Crippen MR) is 134 cm³/mol. The second kappa shape index (κ2) is 10.4. The van der Waals surface area contributed by atoms with Crippen molar-refractivity contribution < 1.29 is 21.7 Å². The Hall–Kier alpha value is -0.846. The van der Waals surface area contributed by atoms with Gasteiger partial charge in [-0.25, -0.2) is 16.7 Å². The molecule has 0 atom stereocenters. The third-order valence-electron chi connectivity index (χ3n) is 7.69. The predicted octanol–water partition coefficient (Wildman–Crippen LogP) is 9.33. The summed E-state index contributed by atoms with van der Waals surface area (Å²) in [5.41, 5.74) is 13.2. The Morgan fingerprint density at radius 3 is 0.581 bits per heavy atom. The topological polar surface area (TPSA) is 0 Å². The number of allylic oxidation sites excluding steroid dienone is 12. The molecular weight excluding hydrogens is 408 g/mol. The number of hydrogen-bond donors (Lipinski definition) is 0. The van der Waals surface area contributed by atoms with Crippen molar-refractivity contribution in [1.29, 1.82) is 0 Å². The summed E-state index contributed by atoms with van der Waals surface area (Å²) in [7, 11) is 0. The zero-order valence-corrected chi connectivity index (χ0v) is 24.6. The first kappa shape index (κ1) is 30.2. The third-order valence-corrected chi connectivity index (χ3v) is 7.69. The molecule has 0 nitrogen and oxygen atoms in total. The molecule has 3 rings (SSSR count). The molecule has 0 bridgehead atoms. The Labute approximate surface area is 209 Å². The molecule has 31 heavy (non-hydrogen) atoms. The van der Waals surface area contributed by atoms with Gasteiger partial charge in [0.25, 0.3) is 0 Å². The van der Waals surface area contributed by atoms with Crippen LogP contribution in [0.3, 0.4) is 0 Å². The Morgan fingerprint density at radius 1 is 0.387 bits per heavy atom. The van der Waals surface area contributed by atoms with Gasteiger partial charge in [-0.1, -0.05) is 99.3 Å². The van der Waals surface area contributed by atoms with Crippen LogP contribution < -0.4 is 0 Å². The summed E-state index contributed by atoms with van der Waals surface area (Å²) in [4.78, 5) is 0. The Balaban J connectivity index is 0.000000429. The van der Waals surface area contributed by atoms with Crippen molar-refractivity contribution in [2.24, 2.45) is 16.2 Å². The van der Waals surface area contributed by atoms with Gasteiger partial charge < -0.3 is 0 Å². The SMILES string of the molecule is CC1=[C-]C(C)(C)C(C)=C1C.CC1=[C-]C(C)(C)C(C)=C1C.CC1=[C-]C(C)(C)C(C)=C1C.[Ti+3]. The van der Waals surface area contributed by atoms with Crippen molar-refractivity contribution >= 4 is 0 Å².